The lowest BCUT2D eigenvalue weighted by Crippen LogP contribution is -2.52. The van der Waals surface area contributed by atoms with Crippen LogP contribution in [-0.4, -0.2) is 35.9 Å². The number of ether oxygens (including phenoxy) is 1. The number of alkyl carbamates (subject to hydrolysis) is 1. The van der Waals surface area contributed by atoms with Crippen molar-refractivity contribution in [1.29, 1.82) is 0 Å². The first-order valence-corrected chi connectivity index (χ1v) is 7.75. The lowest BCUT2D eigenvalue weighted by atomic mass is 10.2. The van der Waals surface area contributed by atoms with Gasteiger partial charge < -0.3 is 9.22 Å². The standard InChI is InChI=1S/C17H26N2O2/c1-17(2,3)21-16(20)18-14-19(11-7-8-12-19)13-15-9-5-4-6-10-15/h4-6,9-10H,7-8,11-14H2,1-3H3/p+1. The maximum atomic E-state index is 11.9. The molecule has 1 heterocycles. The van der Waals surface area contributed by atoms with Gasteiger partial charge in [0.25, 0.3) is 0 Å². The van der Waals surface area contributed by atoms with Crippen molar-refractivity contribution in [1.82, 2.24) is 5.32 Å². The van der Waals surface area contributed by atoms with E-state index in [2.05, 4.69) is 29.6 Å². The number of hydrogen-bond donors (Lipinski definition) is 1. The molecule has 1 fully saturated rings. The molecule has 0 unspecified atom stereocenters. The van der Waals surface area contributed by atoms with Crippen LogP contribution in [0.15, 0.2) is 30.3 Å². The number of carbonyl (C=O) groups is 1. The summed E-state index contributed by atoms with van der Waals surface area (Å²) in [6, 6.07) is 10.5. The van der Waals surface area contributed by atoms with Crippen LogP contribution in [0.4, 0.5) is 4.79 Å². The molecule has 1 aromatic rings. The van der Waals surface area contributed by atoms with E-state index in [4.69, 9.17) is 4.74 Å². The number of nitrogens with one attached hydrogen (secondary N) is 1. The normalized spacial score (nSPS) is 17.5. The van der Waals surface area contributed by atoms with Crippen molar-refractivity contribution in [2.24, 2.45) is 0 Å². The second-order valence-electron chi connectivity index (χ2n) is 6.98. The monoisotopic (exact) mass is 291 g/mol. The molecule has 1 aliphatic heterocycles. The number of quaternary nitrogens is 1. The van der Waals surface area contributed by atoms with Gasteiger partial charge >= 0.3 is 6.09 Å². The molecule has 0 aromatic heterocycles. The van der Waals surface area contributed by atoms with E-state index in [-0.39, 0.29) is 6.09 Å². The predicted molar refractivity (Wildman–Crippen MR) is 83.6 cm³/mol. The molecular weight excluding hydrogens is 264 g/mol. The summed E-state index contributed by atoms with van der Waals surface area (Å²) >= 11 is 0. The maximum Gasteiger partial charge on any atom is 0.411 e. The van der Waals surface area contributed by atoms with E-state index in [1.165, 1.54) is 18.4 Å². The molecule has 116 valence electrons. The number of likely N-dealkylation sites (tertiary alicyclic amines) is 1. The smallest absolute Gasteiger partial charge is 0.411 e. The summed E-state index contributed by atoms with van der Waals surface area (Å²) in [6.07, 6.45) is 2.13. The first-order valence-electron chi connectivity index (χ1n) is 7.75. The molecular formula is C17H27N2O2+. The Kier molecular flexibility index (Phi) is 4.88. The Morgan fingerprint density at radius 3 is 2.38 bits per heavy atom. The molecule has 1 aromatic carbocycles. The molecule has 1 amide bonds. The van der Waals surface area contributed by atoms with Crippen LogP contribution in [0.3, 0.4) is 0 Å². The van der Waals surface area contributed by atoms with Crippen molar-refractivity contribution in [2.75, 3.05) is 19.8 Å². The lowest BCUT2D eigenvalue weighted by molar-refractivity contribution is -0.931. The minimum atomic E-state index is -0.445. The Morgan fingerprint density at radius 1 is 1.19 bits per heavy atom. The summed E-state index contributed by atoms with van der Waals surface area (Å²) in [7, 11) is 0. The van der Waals surface area contributed by atoms with Crippen molar-refractivity contribution in [3.63, 3.8) is 0 Å². The van der Waals surface area contributed by atoms with E-state index in [0.717, 1.165) is 24.1 Å². The molecule has 21 heavy (non-hydrogen) atoms. The molecule has 0 bridgehead atoms. The van der Waals surface area contributed by atoms with Gasteiger partial charge in [-0.1, -0.05) is 30.3 Å². The van der Waals surface area contributed by atoms with Crippen LogP contribution in [0.2, 0.25) is 0 Å². The number of nitrogens with zero attached hydrogens (tertiary/aromatic N) is 1. The molecule has 1 saturated heterocycles. The summed E-state index contributed by atoms with van der Waals surface area (Å²) in [4.78, 5) is 11.9. The highest BCUT2D eigenvalue weighted by atomic mass is 16.6. The van der Waals surface area contributed by atoms with Gasteiger partial charge in [0.15, 0.2) is 6.67 Å². The molecule has 2 rings (SSSR count). The van der Waals surface area contributed by atoms with Crippen molar-refractivity contribution < 1.29 is 14.0 Å². The van der Waals surface area contributed by atoms with Crippen molar-refractivity contribution in [2.45, 2.75) is 45.8 Å². The van der Waals surface area contributed by atoms with Gasteiger partial charge in [-0.3, -0.25) is 5.32 Å². The van der Waals surface area contributed by atoms with Gasteiger partial charge in [0.2, 0.25) is 0 Å². The Bertz CT molecular complexity index is 459. The molecule has 0 radical (unpaired) electrons. The van der Waals surface area contributed by atoms with Crippen molar-refractivity contribution in [3.8, 4) is 0 Å². The average molecular weight is 291 g/mol. The van der Waals surface area contributed by atoms with Gasteiger partial charge in [-0.2, -0.15) is 0 Å². The first kappa shape index (κ1) is 15.8. The van der Waals surface area contributed by atoms with Crippen LogP contribution in [0.25, 0.3) is 0 Å². The van der Waals surface area contributed by atoms with Gasteiger partial charge in [0, 0.05) is 18.4 Å². The summed E-state index contributed by atoms with van der Waals surface area (Å²) < 4.78 is 6.25. The molecule has 4 heteroatoms. The second-order valence-corrected chi connectivity index (χ2v) is 6.98. The number of rotatable bonds is 4. The summed E-state index contributed by atoms with van der Waals surface area (Å²) in [6.45, 7) is 9.50. The van der Waals surface area contributed by atoms with E-state index in [1.807, 2.05) is 26.8 Å². The lowest BCUT2D eigenvalue weighted by Gasteiger charge is -2.34. The Labute approximate surface area is 127 Å². The summed E-state index contributed by atoms with van der Waals surface area (Å²) in [5, 5.41) is 2.95. The molecule has 4 nitrogen and oxygen atoms in total. The highest BCUT2D eigenvalue weighted by molar-refractivity contribution is 5.67. The van der Waals surface area contributed by atoms with Gasteiger partial charge in [0.05, 0.1) is 13.1 Å². The van der Waals surface area contributed by atoms with E-state index in [9.17, 15) is 4.79 Å². The van der Waals surface area contributed by atoms with E-state index in [1.54, 1.807) is 0 Å². The summed E-state index contributed by atoms with van der Waals surface area (Å²) in [5.74, 6) is 0. The number of hydrogen-bond acceptors (Lipinski definition) is 2. The Hall–Kier alpha value is -1.55. The molecule has 0 atom stereocenters. The number of carbonyl (C=O) groups excluding carboxylic acids is 1. The Morgan fingerprint density at radius 2 is 1.81 bits per heavy atom. The molecule has 0 saturated carbocycles. The van der Waals surface area contributed by atoms with Crippen molar-refractivity contribution >= 4 is 6.09 Å². The fourth-order valence-electron chi connectivity index (χ4n) is 2.90. The van der Waals surface area contributed by atoms with Gasteiger partial charge in [-0.25, -0.2) is 4.79 Å². The van der Waals surface area contributed by atoms with Crippen LogP contribution >= 0.6 is 0 Å². The second kappa shape index (κ2) is 6.48. The minimum Gasteiger partial charge on any atom is -0.444 e. The highest BCUT2D eigenvalue weighted by Crippen LogP contribution is 2.22. The fraction of sp³-hybridized carbons (Fsp3) is 0.588. The van der Waals surface area contributed by atoms with Crippen LogP contribution in [0.1, 0.15) is 39.2 Å². The predicted octanol–water partition coefficient (Wildman–Crippen LogP) is 3.28. The zero-order valence-corrected chi connectivity index (χ0v) is 13.4. The topological polar surface area (TPSA) is 38.3 Å². The Balaban J connectivity index is 1.94. The summed E-state index contributed by atoms with van der Waals surface area (Å²) in [5.41, 5.74) is 0.879. The van der Waals surface area contributed by atoms with E-state index in [0.29, 0.717) is 6.67 Å². The zero-order valence-electron chi connectivity index (χ0n) is 13.4. The third-order valence-corrected chi connectivity index (χ3v) is 3.83. The quantitative estimate of drug-likeness (QED) is 0.865. The van der Waals surface area contributed by atoms with Crippen LogP contribution in [0, 0.1) is 0 Å². The minimum absolute atomic E-state index is 0.319. The fourth-order valence-corrected chi connectivity index (χ4v) is 2.90. The third kappa shape index (κ3) is 5.05. The largest absolute Gasteiger partial charge is 0.444 e. The SMILES string of the molecule is CC(C)(C)OC(=O)NC[N+]1(Cc2ccccc2)CCCC1. The van der Waals surface area contributed by atoms with Gasteiger partial charge in [0.1, 0.15) is 12.1 Å². The van der Waals surface area contributed by atoms with Gasteiger partial charge in [-0.05, 0) is 20.8 Å². The number of amides is 1. The first-order chi connectivity index (χ1) is 9.89. The van der Waals surface area contributed by atoms with Crippen LogP contribution in [-0.2, 0) is 11.3 Å². The van der Waals surface area contributed by atoms with Crippen molar-refractivity contribution in [3.05, 3.63) is 35.9 Å². The van der Waals surface area contributed by atoms with Crippen LogP contribution in [0.5, 0.6) is 0 Å². The maximum absolute atomic E-state index is 11.9. The van der Waals surface area contributed by atoms with Gasteiger partial charge in [-0.15, -0.1) is 0 Å². The molecule has 0 spiro atoms. The third-order valence-electron chi connectivity index (χ3n) is 3.83. The molecule has 1 N–H and O–H groups in total. The zero-order chi connectivity index (χ0) is 15.3. The van der Waals surface area contributed by atoms with E-state index >= 15 is 0 Å². The van der Waals surface area contributed by atoms with E-state index < -0.39 is 5.60 Å². The van der Waals surface area contributed by atoms with Crippen LogP contribution < -0.4 is 5.32 Å². The number of benzene rings is 1. The highest BCUT2D eigenvalue weighted by Gasteiger charge is 2.33. The molecule has 0 aliphatic carbocycles. The average Bonchev–Trinajstić information content (AvgIpc) is 2.85. The molecule has 1 aliphatic rings.